The first kappa shape index (κ1) is 36.4. The predicted molar refractivity (Wildman–Crippen MR) is 216 cm³/mol. The van der Waals surface area contributed by atoms with Crippen LogP contribution in [-0.2, 0) is 25.3 Å². The molecule has 0 aromatic heterocycles. The molecule has 56 heavy (non-hydrogen) atoms. The summed E-state index contributed by atoms with van der Waals surface area (Å²) < 4.78 is 25.4. The Morgan fingerprint density at radius 2 is 1.27 bits per heavy atom. The van der Waals surface area contributed by atoms with Crippen LogP contribution >= 0.6 is 0 Å². The highest BCUT2D eigenvalue weighted by molar-refractivity contribution is 6.10. The number of carboxylic acids is 2. The lowest BCUT2D eigenvalue weighted by Gasteiger charge is -2.41. The molecule has 0 fully saturated rings. The molecule has 6 aromatic rings. The van der Waals surface area contributed by atoms with Crippen LogP contribution in [0.4, 0.5) is 0 Å². The van der Waals surface area contributed by atoms with Gasteiger partial charge < -0.3 is 29.2 Å². The van der Waals surface area contributed by atoms with Crippen LogP contribution in [0, 0.1) is 13.8 Å². The van der Waals surface area contributed by atoms with Gasteiger partial charge in [-0.2, -0.15) is 0 Å². The van der Waals surface area contributed by atoms with E-state index >= 15 is 0 Å². The van der Waals surface area contributed by atoms with Gasteiger partial charge in [-0.1, -0.05) is 96.1 Å². The molecular formula is C48H42O8. The summed E-state index contributed by atoms with van der Waals surface area (Å²) in [5.74, 6) is 0.457. The van der Waals surface area contributed by atoms with Gasteiger partial charge in [0.15, 0.2) is 5.60 Å². The molecule has 0 saturated heterocycles. The Morgan fingerprint density at radius 1 is 0.661 bits per heavy atom. The summed E-state index contributed by atoms with van der Waals surface area (Å²) in [6, 6.07) is 38.2. The number of ether oxygens (including phenoxy) is 4. The van der Waals surface area contributed by atoms with Crippen molar-refractivity contribution in [3.63, 3.8) is 0 Å². The third kappa shape index (κ3) is 5.93. The van der Waals surface area contributed by atoms with Crippen molar-refractivity contribution >= 4 is 28.5 Å². The van der Waals surface area contributed by atoms with Gasteiger partial charge in [0, 0.05) is 34.4 Å². The quantitative estimate of drug-likeness (QED) is 0.127. The van der Waals surface area contributed by atoms with E-state index in [1.54, 1.807) is 14.2 Å². The summed E-state index contributed by atoms with van der Waals surface area (Å²) in [7, 11) is 3.24. The topological polar surface area (TPSA) is 112 Å². The molecule has 8 nitrogen and oxygen atoms in total. The van der Waals surface area contributed by atoms with Gasteiger partial charge in [0.2, 0.25) is 0 Å². The summed E-state index contributed by atoms with van der Waals surface area (Å²) in [4.78, 5) is 24.6. The van der Waals surface area contributed by atoms with E-state index in [0.29, 0.717) is 28.6 Å². The number of benzene rings is 6. The largest absolute Gasteiger partial charge is 0.497 e. The Hall–Kier alpha value is -6.54. The maximum Gasteiger partial charge on any atom is 0.306 e. The Bertz CT molecular complexity index is 2470. The number of carboxylic acid groups (broad SMARTS) is 2. The van der Waals surface area contributed by atoms with Crippen LogP contribution in [0.3, 0.4) is 0 Å². The predicted octanol–water partition coefficient (Wildman–Crippen LogP) is 9.82. The maximum absolute atomic E-state index is 12.6. The Morgan fingerprint density at radius 3 is 1.88 bits per heavy atom. The number of fused-ring (bicyclic) bond motifs is 8. The first-order valence-corrected chi connectivity index (χ1v) is 18.6. The first-order valence-electron chi connectivity index (χ1n) is 18.6. The molecular weight excluding hydrogens is 705 g/mol. The molecule has 6 aromatic carbocycles. The van der Waals surface area contributed by atoms with E-state index < -0.39 is 23.0 Å². The minimum Gasteiger partial charge on any atom is -0.497 e. The lowest BCUT2D eigenvalue weighted by Crippen LogP contribution is -2.37. The normalized spacial score (nSPS) is 16.2. The van der Waals surface area contributed by atoms with E-state index in [1.165, 1.54) is 0 Å². The summed E-state index contributed by atoms with van der Waals surface area (Å²) in [5, 5.41) is 21.9. The highest BCUT2D eigenvalue weighted by Gasteiger charge is 2.51. The van der Waals surface area contributed by atoms with Gasteiger partial charge in [-0.15, -0.1) is 0 Å². The van der Waals surface area contributed by atoms with Crippen molar-refractivity contribution in [1.82, 2.24) is 0 Å². The molecule has 1 heterocycles. The van der Waals surface area contributed by atoms with Gasteiger partial charge in [-0.05, 0) is 83.8 Å². The molecule has 0 amide bonds. The Balaban J connectivity index is 1.55. The third-order valence-electron chi connectivity index (χ3n) is 11.2. The average molecular weight is 747 g/mol. The van der Waals surface area contributed by atoms with E-state index in [2.05, 4.69) is 55.5 Å². The molecule has 1 aliphatic carbocycles. The molecule has 8 heteroatoms. The molecule has 2 N–H and O–H groups in total. The van der Waals surface area contributed by atoms with E-state index in [4.69, 9.17) is 18.9 Å². The van der Waals surface area contributed by atoms with Crippen LogP contribution in [0.5, 0.6) is 17.2 Å². The van der Waals surface area contributed by atoms with E-state index in [9.17, 15) is 19.8 Å². The lowest BCUT2D eigenvalue weighted by atomic mass is 9.67. The van der Waals surface area contributed by atoms with Crippen LogP contribution in [0.25, 0.3) is 27.7 Å². The van der Waals surface area contributed by atoms with Gasteiger partial charge in [-0.3, -0.25) is 9.59 Å². The molecule has 1 unspecified atom stereocenters. The minimum atomic E-state index is -1.27. The van der Waals surface area contributed by atoms with Gasteiger partial charge in [0.1, 0.15) is 23.0 Å². The smallest absolute Gasteiger partial charge is 0.306 e. The molecule has 0 saturated carbocycles. The fourth-order valence-corrected chi connectivity index (χ4v) is 8.64. The van der Waals surface area contributed by atoms with Crippen molar-refractivity contribution < 1.29 is 38.7 Å². The molecule has 0 radical (unpaired) electrons. The van der Waals surface area contributed by atoms with Gasteiger partial charge >= 0.3 is 11.9 Å². The number of aryl methyl sites for hydroxylation is 2. The summed E-state index contributed by atoms with van der Waals surface area (Å²) in [6.07, 6.45) is 1.86. The van der Waals surface area contributed by atoms with Gasteiger partial charge in [0.05, 0.1) is 32.8 Å². The van der Waals surface area contributed by atoms with E-state index in [-0.39, 0.29) is 25.9 Å². The number of rotatable bonds is 12. The maximum atomic E-state index is 12.6. The van der Waals surface area contributed by atoms with Crippen LogP contribution in [0.1, 0.15) is 63.8 Å². The van der Waals surface area contributed by atoms with Crippen LogP contribution < -0.4 is 14.2 Å². The van der Waals surface area contributed by atoms with Crippen molar-refractivity contribution in [2.45, 2.75) is 44.1 Å². The molecule has 0 bridgehead atoms. The standard InChI is InChI=1S/C48H42O8/c1-29-10-20-36-38(26-29)46-44(45-43(36)37-21-11-30(2)27-39(37)47(45,24-22-41(49)50)31-8-6-5-7-9-31)40(55-25-23-42(51)52)28-48(56-46,32-12-16-34(53-3)17-13-32)33-14-18-35(54-4)19-15-33/h5-21,26-28H,22-25H2,1-4H3,(H,49,50)(H,51,52). The SMILES string of the molecule is COc1ccc(C2(c3ccc(OC)cc3)C=C(OCCC(=O)O)c3c4c(c5ccc(C)cc5c3O2)-c2ccc(C)cc2C4(CCC(=O)O)c2ccccc2)cc1. The van der Waals surface area contributed by atoms with E-state index in [1.807, 2.05) is 79.7 Å². The van der Waals surface area contributed by atoms with Crippen LogP contribution in [0.2, 0.25) is 0 Å². The summed E-state index contributed by atoms with van der Waals surface area (Å²) in [5.41, 5.74) is 6.88. The molecule has 1 aliphatic heterocycles. The van der Waals surface area contributed by atoms with Crippen molar-refractivity contribution in [1.29, 1.82) is 0 Å². The van der Waals surface area contributed by atoms with Crippen molar-refractivity contribution in [3.8, 4) is 28.4 Å². The number of hydrogen-bond donors (Lipinski definition) is 2. The lowest BCUT2D eigenvalue weighted by molar-refractivity contribution is -0.138. The van der Waals surface area contributed by atoms with Crippen molar-refractivity contribution in [3.05, 3.63) is 166 Å². The number of carbonyl (C=O) groups is 2. The molecule has 2 aliphatic rings. The molecule has 0 spiro atoms. The second-order valence-electron chi connectivity index (χ2n) is 14.5. The van der Waals surface area contributed by atoms with Gasteiger partial charge in [-0.25, -0.2) is 0 Å². The van der Waals surface area contributed by atoms with Crippen LogP contribution in [-0.4, -0.2) is 43.0 Å². The highest BCUT2D eigenvalue weighted by atomic mass is 16.5. The monoisotopic (exact) mass is 746 g/mol. The summed E-state index contributed by atoms with van der Waals surface area (Å²) in [6.45, 7) is 3.98. The second-order valence-corrected chi connectivity index (χ2v) is 14.5. The first-order chi connectivity index (χ1) is 27.1. The number of hydrogen-bond acceptors (Lipinski definition) is 6. The average Bonchev–Trinajstić information content (AvgIpc) is 3.50. The molecule has 8 rings (SSSR count). The molecule has 1 atom stereocenters. The minimum absolute atomic E-state index is 0.107. The van der Waals surface area contributed by atoms with E-state index in [0.717, 1.165) is 60.8 Å². The zero-order valence-corrected chi connectivity index (χ0v) is 31.7. The van der Waals surface area contributed by atoms with Gasteiger partial charge in [0.25, 0.3) is 0 Å². The second kappa shape index (κ2) is 14.3. The zero-order valence-electron chi connectivity index (χ0n) is 31.7. The third-order valence-corrected chi connectivity index (χ3v) is 11.2. The van der Waals surface area contributed by atoms with Crippen molar-refractivity contribution in [2.75, 3.05) is 20.8 Å². The zero-order chi connectivity index (χ0) is 39.2. The fourth-order valence-electron chi connectivity index (χ4n) is 8.64. The van der Waals surface area contributed by atoms with Crippen LogP contribution in [0.15, 0.2) is 121 Å². The highest BCUT2D eigenvalue weighted by Crippen LogP contribution is 2.63. The molecule has 282 valence electrons. The Labute approximate surface area is 325 Å². The number of methoxy groups -OCH3 is 2. The van der Waals surface area contributed by atoms with Crippen molar-refractivity contribution in [2.24, 2.45) is 0 Å². The fraction of sp³-hybridized carbons (Fsp3) is 0.208. The number of aliphatic carboxylic acids is 2. The Kier molecular flexibility index (Phi) is 9.28. The summed E-state index contributed by atoms with van der Waals surface area (Å²) >= 11 is 0.